The van der Waals surface area contributed by atoms with Crippen molar-refractivity contribution in [1.29, 1.82) is 0 Å². The van der Waals surface area contributed by atoms with Crippen LogP contribution in [0.5, 0.6) is 0 Å². The van der Waals surface area contributed by atoms with E-state index < -0.39 is 6.10 Å². The normalized spacial score (nSPS) is 12.1. The fourth-order valence-electron chi connectivity index (χ4n) is 11.1. The molecule has 0 aromatic rings. The number of hydrogen-bond acceptors (Lipinski definition) is 6. The van der Waals surface area contributed by atoms with E-state index in [4.69, 9.17) is 14.2 Å². The predicted octanol–water partition coefficient (Wildman–Crippen LogP) is 24.6. The Morgan fingerprint density at radius 3 is 0.709 bits per heavy atom. The summed E-state index contributed by atoms with van der Waals surface area (Å²) < 4.78 is 17.0. The number of rotatable bonds is 67. The van der Waals surface area contributed by atoms with Crippen molar-refractivity contribution in [1.82, 2.24) is 0 Å². The Kier molecular flexibility index (Phi) is 66.6. The molecule has 0 bridgehead atoms. The molecule has 1 unspecified atom stereocenters. The summed E-state index contributed by atoms with van der Waals surface area (Å²) in [5.74, 6) is -0.847. The number of ether oxygens (including phenoxy) is 3. The number of allylic oxidation sites excluding steroid dienone is 4. The van der Waals surface area contributed by atoms with Gasteiger partial charge in [0.15, 0.2) is 6.10 Å². The molecule has 0 saturated heterocycles. The summed E-state index contributed by atoms with van der Waals surface area (Å²) in [7, 11) is 0. The first-order valence-electron chi connectivity index (χ1n) is 35.8. The van der Waals surface area contributed by atoms with Crippen LogP contribution >= 0.6 is 0 Å². The van der Waals surface area contributed by atoms with Crippen LogP contribution in [0, 0.1) is 0 Å². The Hall–Kier alpha value is -2.11. The largest absolute Gasteiger partial charge is 0.462 e. The molecule has 0 fully saturated rings. The van der Waals surface area contributed by atoms with Crippen LogP contribution < -0.4 is 0 Å². The van der Waals surface area contributed by atoms with E-state index >= 15 is 0 Å². The highest BCUT2D eigenvalue weighted by molar-refractivity contribution is 5.71. The van der Waals surface area contributed by atoms with Gasteiger partial charge in [0, 0.05) is 19.3 Å². The van der Waals surface area contributed by atoms with E-state index in [1.54, 1.807) is 0 Å². The lowest BCUT2D eigenvalue weighted by atomic mass is 10.0. The maximum atomic E-state index is 12.9. The molecule has 6 heteroatoms. The first-order chi connectivity index (χ1) is 39.0. The van der Waals surface area contributed by atoms with Crippen LogP contribution in [0.1, 0.15) is 406 Å². The Morgan fingerprint density at radius 2 is 0.456 bits per heavy atom. The fraction of sp³-hybridized carbons (Fsp3) is 0.904. The Bertz CT molecular complexity index is 1270. The second kappa shape index (κ2) is 68.4. The lowest BCUT2D eigenvalue weighted by molar-refractivity contribution is -0.167. The van der Waals surface area contributed by atoms with Gasteiger partial charge in [-0.1, -0.05) is 360 Å². The van der Waals surface area contributed by atoms with E-state index in [2.05, 4.69) is 45.1 Å². The maximum absolute atomic E-state index is 12.9. The van der Waals surface area contributed by atoms with E-state index in [-0.39, 0.29) is 31.1 Å². The van der Waals surface area contributed by atoms with Gasteiger partial charge in [-0.15, -0.1) is 0 Å². The molecule has 0 aliphatic rings. The number of unbranched alkanes of at least 4 members (excludes halogenated alkanes) is 52. The van der Waals surface area contributed by atoms with Crippen molar-refractivity contribution >= 4 is 17.9 Å². The zero-order chi connectivity index (χ0) is 57.1. The number of esters is 3. The molecule has 0 aromatic carbocycles. The summed E-state index contributed by atoms with van der Waals surface area (Å²) in [6.07, 6.45) is 83.7. The molecule has 0 rings (SSSR count). The minimum absolute atomic E-state index is 0.0684. The van der Waals surface area contributed by atoms with Gasteiger partial charge in [-0.05, 0) is 51.4 Å². The highest BCUT2D eigenvalue weighted by Gasteiger charge is 2.19. The van der Waals surface area contributed by atoms with E-state index in [1.807, 2.05) is 0 Å². The molecule has 0 saturated carbocycles. The monoisotopic (exact) mass is 1110 g/mol. The second-order valence-corrected chi connectivity index (χ2v) is 24.5. The molecule has 0 spiro atoms. The zero-order valence-corrected chi connectivity index (χ0v) is 53.7. The predicted molar refractivity (Wildman–Crippen MR) is 344 cm³/mol. The lowest BCUT2D eigenvalue weighted by Gasteiger charge is -2.18. The third-order valence-electron chi connectivity index (χ3n) is 16.5. The Balaban J connectivity index is 4.11. The quantitative estimate of drug-likeness (QED) is 0.0261. The van der Waals surface area contributed by atoms with Gasteiger partial charge in [0.05, 0.1) is 0 Å². The van der Waals surface area contributed by atoms with Crippen molar-refractivity contribution in [3.8, 4) is 0 Å². The smallest absolute Gasteiger partial charge is 0.306 e. The van der Waals surface area contributed by atoms with Crippen molar-refractivity contribution < 1.29 is 28.6 Å². The standard InChI is InChI=1S/C73H138O6/c1-4-7-10-13-16-19-22-25-27-29-31-32-33-34-35-36-37-38-39-40-41-42-43-45-46-48-51-54-57-60-63-66-72(75)78-69-70(68-77-71(74)65-62-59-56-53-50-24-21-18-15-12-9-6-3)79-73(76)67-64-61-58-55-52-49-47-44-30-28-26-23-20-17-14-11-8-5-2/h20,23,28,30,70H,4-19,21-22,24-27,29,31-69H2,1-3H3/b23-20-,30-28-. The molecule has 6 nitrogen and oxygen atoms in total. The number of carbonyl (C=O) groups excluding carboxylic acids is 3. The molecule has 79 heavy (non-hydrogen) atoms. The summed E-state index contributed by atoms with van der Waals surface area (Å²) in [5.41, 5.74) is 0. The van der Waals surface area contributed by atoms with Crippen molar-refractivity contribution in [2.45, 2.75) is 412 Å². The van der Waals surface area contributed by atoms with Gasteiger partial charge >= 0.3 is 17.9 Å². The average molecular weight is 1110 g/mol. The highest BCUT2D eigenvalue weighted by Crippen LogP contribution is 2.19. The van der Waals surface area contributed by atoms with Crippen LogP contribution in [-0.2, 0) is 28.6 Å². The molecule has 0 aliphatic heterocycles. The van der Waals surface area contributed by atoms with Crippen LogP contribution in [-0.4, -0.2) is 37.2 Å². The summed E-state index contributed by atoms with van der Waals surface area (Å²) in [5, 5.41) is 0. The third-order valence-corrected chi connectivity index (χ3v) is 16.5. The van der Waals surface area contributed by atoms with Gasteiger partial charge < -0.3 is 14.2 Å². The maximum Gasteiger partial charge on any atom is 0.306 e. The molecule has 0 radical (unpaired) electrons. The Morgan fingerprint density at radius 1 is 0.253 bits per heavy atom. The molecule has 0 aliphatic carbocycles. The third kappa shape index (κ3) is 66.6. The minimum Gasteiger partial charge on any atom is -0.462 e. The van der Waals surface area contributed by atoms with Gasteiger partial charge in [-0.2, -0.15) is 0 Å². The molecule has 0 amide bonds. The molecule has 1 atom stereocenters. The van der Waals surface area contributed by atoms with Crippen LogP contribution in [0.3, 0.4) is 0 Å². The van der Waals surface area contributed by atoms with Crippen LogP contribution in [0.25, 0.3) is 0 Å². The van der Waals surface area contributed by atoms with Gasteiger partial charge in [0.1, 0.15) is 13.2 Å². The van der Waals surface area contributed by atoms with E-state index in [0.29, 0.717) is 19.3 Å². The van der Waals surface area contributed by atoms with Gasteiger partial charge in [0.25, 0.3) is 0 Å². The minimum atomic E-state index is -0.772. The summed E-state index contributed by atoms with van der Waals surface area (Å²) >= 11 is 0. The SMILES string of the molecule is CCCCCC/C=C\C/C=C\CCCCCCCCCC(=O)OC(COC(=O)CCCCCCCCCCCCCC)COC(=O)CCCCCCCCCCCCCCCCCCCCCCCCCCCCCCCCC. The van der Waals surface area contributed by atoms with Gasteiger partial charge in [-0.25, -0.2) is 0 Å². The lowest BCUT2D eigenvalue weighted by Crippen LogP contribution is -2.30. The van der Waals surface area contributed by atoms with E-state index in [0.717, 1.165) is 70.6 Å². The van der Waals surface area contributed by atoms with Crippen LogP contribution in [0.15, 0.2) is 24.3 Å². The van der Waals surface area contributed by atoms with Crippen molar-refractivity contribution in [3.05, 3.63) is 24.3 Å². The topological polar surface area (TPSA) is 78.9 Å². The van der Waals surface area contributed by atoms with Gasteiger partial charge in [-0.3, -0.25) is 14.4 Å². The van der Waals surface area contributed by atoms with E-state index in [1.165, 1.54) is 295 Å². The van der Waals surface area contributed by atoms with Crippen molar-refractivity contribution in [2.75, 3.05) is 13.2 Å². The molecule has 466 valence electrons. The van der Waals surface area contributed by atoms with Crippen molar-refractivity contribution in [2.24, 2.45) is 0 Å². The average Bonchev–Trinajstić information content (AvgIpc) is 3.45. The number of carbonyl (C=O) groups is 3. The highest BCUT2D eigenvalue weighted by atomic mass is 16.6. The van der Waals surface area contributed by atoms with Gasteiger partial charge in [0.2, 0.25) is 0 Å². The van der Waals surface area contributed by atoms with Crippen LogP contribution in [0.2, 0.25) is 0 Å². The molecular weight excluding hydrogens is 973 g/mol. The molecule has 0 aromatic heterocycles. The summed E-state index contributed by atoms with van der Waals surface area (Å²) in [6, 6.07) is 0. The van der Waals surface area contributed by atoms with E-state index in [9.17, 15) is 14.4 Å². The summed E-state index contributed by atoms with van der Waals surface area (Å²) in [6.45, 7) is 6.69. The number of hydrogen-bond donors (Lipinski definition) is 0. The Labute approximate surface area is 493 Å². The second-order valence-electron chi connectivity index (χ2n) is 24.5. The first kappa shape index (κ1) is 76.9. The molecule has 0 heterocycles. The first-order valence-corrected chi connectivity index (χ1v) is 35.8. The molecule has 0 N–H and O–H groups in total. The molecular formula is C73H138O6. The summed E-state index contributed by atoms with van der Waals surface area (Å²) in [4.78, 5) is 38.3. The van der Waals surface area contributed by atoms with Crippen molar-refractivity contribution in [3.63, 3.8) is 0 Å². The van der Waals surface area contributed by atoms with Crippen LogP contribution in [0.4, 0.5) is 0 Å². The zero-order valence-electron chi connectivity index (χ0n) is 53.7. The fourth-order valence-corrected chi connectivity index (χ4v) is 11.1.